The minimum absolute atomic E-state index is 0.0762. The van der Waals surface area contributed by atoms with Crippen molar-refractivity contribution in [1.29, 1.82) is 0 Å². The molecule has 0 aliphatic heterocycles. The summed E-state index contributed by atoms with van der Waals surface area (Å²) < 4.78 is 2.19. The molecule has 0 N–H and O–H groups in total. The molecule has 0 saturated heterocycles. The van der Waals surface area contributed by atoms with E-state index in [0.29, 0.717) is 0 Å². The summed E-state index contributed by atoms with van der Waals surface area (Å²) in [7, 11) is 0. The first-order chi connectivity index (χ1) is 56.0. The first kappa shape index (κ1) is 81.2. The molecule has 12 aromatic carbocycles. The van der Waals surface area contributed by atoms with E-state index in [-0.39, 0.29) is 43.3 Å². The molecule has 6 aliphatic carbocycles. The fraction of sp³-hybridized carbons (Fsp3) is 0.357. The van der Waals surface area contributed by atoms with Crippen molar-refractivity contribution in [3.8, 4) is 22.3 Å². The van der Waals surface area contributed by atoms with Crippen LogP contribution < -0.4 is 19.6 Å². The van der Waals surface area contributed by atoms with Gasteiger partial charge in [-0.3, -0.25) is 0 Å². The predicted octanol–water partition coefficient (Wildman–Crippen LogP) is 33.5. The molecule has 4 nitrogen and oxygen atoms in total. The lowest BCUT2D eigenvalue weighted by molar-refractivity contribution is 0.299. The number of aryl methyl sites for hydroxylation is 8. The third kappa shape index (κ3) is 13.6. The summed E-state index contributed by atoms with van der Waals surface area (Å²) in [6.07, 6.45) is 15.1. The molecule has 18 rings (SSSR count). The monoisotopic (exact) mass is 1680 g/mol. The van der Waals surface area contributed by atoms with Crippen molar-refractivity contribution in [2.45, 2.75) is 259 Å². The number of nitrogens with zero attached hydrogens (tertiary/aromatic N) is 4. The summed E-state index contributed by atoms with van der Waals surface area (Å²) in [6, 6.07) is 89.3. The molecule has 4 saturated carbocycles. The number of benzene rings is 12. The van der Waals surface area contributed by atoms with Gasteiger partial charge in [0.25, 0.3) is 0 Å². The Morgan fingerprint density at radius 1 is 0.220 bits per heavy atom. The van der Waals surface area contributed by atoms with E-state index < -0.39 is 0 Å². The third-order valence-corrected chi connectivity index (χ3v) is 29.9. The Kier molecular flexibility index (Phi) is 20.6. The highest BCUT2D eigenvalue weighted by atomic mass is 79.9. The number of fused-ring (bicyclic) bond motifs is 6. The highest BCUT2D eigenvalue weighted by Crippen LogP contribution is 2.72. The summed E-state index contributed by atoms with van der Waals surface area (Å²) in [4.78, 5) is 10.2. The molecule has 6 heteroatoms. The van der Waals surface area contributed by atoms with E-state index in [4.69, 9.17) is 0 Å². The lowest BCUT2D eigenvalue weighted by atomic mass is 9.55. The van der Waals surface area contributed by atoms with E-state index in [1.54, 1.807) is 22.3 Å². The smallest absolute Gasteiger partial charge is 0.0520 e. The van der Waals surface area contributed by atoms with E-state index in [1.807, 2.05) is 0 Å². The van der Waals surface area contributed by atoms with Gasteiger partial charge in [-0.2, -0.15) is 0 Å². The molecule has 0 amide bonds. The van der Waals surface area contributed by atoms with Crippen LogP contribution in [0, 0.1) is 55.4 Å². The van der Waals surface area contributed by atoms with Crippen molar-refractivity contribution in [2.75, 3.05) is 19.6 Å². The second-order valence-electron chi connectivity index (χ2n) is 40.5. The van der Waals surface area contributed by atoms with E-state index in [1.165, 1.54) is 234 Å². The minimum Gasteiger partial charge on any atom is -0.310 e. The highest BCUT2D eigenvalue weighted by Gasteiger charge is 2.64. The average Bonchev–Trinajstić information content (AvgIpc) is 1.50. The molecular weight excluding hydrogens is 1560 g/mol. The second kappa shape index (κ2) is 29.9. The Labute approximate surface area is 723 Å². The second-order valence-corrected chi connectivity index (χ2v) is 42.3. The number of anilines is 12. The molecule has 604 valence electrons. The minimum atomic E-state index is 0.0762. The zero-order valence-electron chi connectivity index (χ0n) is 74.0. The fourth-order valence-electron chi connectivity index (χ4n) is 23.4. The summed E-state index contributed by atoms with van der Waals surface area (Å²) in [5.74, 6) is 0. The van der Waals surface area contributed by atoms with E-state index in [0.717, 1.165) is 8.95 Å². The van der Waals surface area contributed by atoms with Crippen LogP contribution in [0.3, 0.4) is 0 Å². The van der Waals surface area contributed by atoms with Crippen molar-refractivity contribution in [3.63, 3.8) is 0 Å². The Balaban J connectivity index is 0.000000169. The van der Waals surface area contributed by atoms with Gasteiger partial charge in [0.05, 0.1) is 22.7 Å². The highest BCUT2D eigenvalue weighted by molar-refractivity contribution is 9.10. The van der Waals surface area contributed by atoms with Gasteiger partial charge in [-0.15, -0.1) is 0 Å². The number of hydrogen-bond acceptors (Lipinski definition) is 4. The number of halogens is 2. The van der Waals surface area contributed by atoms with Gasteiger partial charge in [-0.1, -0.05) is 250 Å². The first-order valence-electron chi connectivity index (χ1n) is 43.9. The molecule has 0 heterocycles. The molecule has 12 aromatic rings. The maximum absolute atomic E-state index is 3.73. The summed E-state index contributed by atoms with van der Waals surface area (Å²) in [6.45, 7) is 46.2. The zero-order chi connectivity index (χ0) is 83.3. The van der Waals surface area contributed by atoms with Crippen LogP contribution in [0.15, 0.2) is 239 Å². The standard InChI is InChI=1S/C56H60Br2N2.C56H62N2/c1-35-29-39(53(5,6)7)30-36(2)51(35)59(43-17-13-41(57)14-18-43)45-21-23-47-48-24-22-46(34-50(48)56-27-11-25-55(56,26-12-28-56)49(47)33-45)60(44-19-15-42(58)16-20-44)52-37(3)31-40(32-38(52)4)54(8,9)10;1-37-31-41(53(5,6)7)32-38(2)51(37)57(43-19-13-11-14-20-43)45-23-25-47-48-26-24-46(36-50(48)56-29-17-27-55(56,28-18-30-56)49(47)35-45)58(44-21-15-12-16-22-44)52-39(3)33-42(34-40(52)4)54(8,9)10/h13-24,29-34H,11-12,25-28H2,1-10H3;11-16,19-26,31-36H,17-18,27-30H2,1-10H3. The molecule has 0 radical (unpaired) electrons. The molecule has 6 aliphatic rings. The van der Waals surface area contributed by atoms with Crippen LogP contribution in [0.1, 0.15) is 249 Å². The Hall–Kier alpha value is -9.20. The van der Waals surface area contributed by atoms with Gasteiger partial charge < -0.3 is 19.6 Å². The van der Waals surface area contributed by atoms with Gasteiger partial charge in [0, 0.05) is 76.1 Å². The predicted molar refractivity (Wildman–Crippen MR) is 513 cm³/mol. The van der Waals surface area contributed by atoms with Crippen LogP contribution in [-0.4, -0.2) is 0 Å². The van der Waals surface area contributed by atoms with Crippen molar-refractivity contribution in [1.82, 2.24) is 0 Å². The Morgan fingerprint density at radius 2 is 0.398 bits per heavy atom. The van der Waals surface area contributed by atoms with E-state index >= 15 is 0 Å². The maximum Gasteiger partial charge on any atom is 0.0520 e. The van der Waals surface area contributed by atoms with Crippen LogP contribution in [-0.2, 0) is 43.3 Å². The van der Waals surface area contributed by atoms with E-state index in [2.05, 4.69) is 420 Å². The molecular formula is C112H122Br2N4. The number of para-hydroxylation sites is 2. The largest absolute Gasteiger partial charge is 0.310 e. The van der Waals surface area contributed by atoms with Crippen LogP contribution in [0.4, 0.5) is 68.2 Å². The Bertz CT molecular complexity index is 5420. The SMILES string of the molecule is Cc1cc(C(C)(C)C)cc(C)c1N(c1ccc(Br)cc1)c1ccc2c(c1)C13CCCC1(CCC3)c1cc(N(c3ccc(Br)cc3)c3c(C)cc(C(C)(C)C)cc3C)ccc1-2.Cc1cc(C(C)(C)C)cc(C)c1N(c1ccccc1)c1ccc2c(c1)C13CCCC1(CCC3)c1cc(N(c3ccccc3)c3c(C)cc(C(C)(C)C)cc3C)ccc1-2. The molecule has 4 fully saturated rings. The molecule has 0 bridgehead atoms. The summed E-state index contributed by atoms with van der Waals surface area (Å²) in [5, 5.41) is 0. The zero-order valence-corrected chi connectivity index (χ0v) is 77.1. The first-order valence-corrected chi connectivity index (χ1v) is 45.5. The van der Waals surface area contributed by atoms with E-state index in [9.17, 15) is 0 Å². The van der Waals surface area contributed by atoms with Crippen molar-refractivity contribution in [2.24, 2.45) is 0 Å². The topological polar surface area (TPSA) is 13.0 Å². The molecule has 0 unspecified atom stereocenters. The van der Waals surface area contributed by atoms with Gasteiger partial charge >= 0.3 is 0 Å². The molecule has 118 heavy (non-hydrogen) atoms. The van der Waals surface area contributed by atoms with Gasteiger partial charge in [-0.05, 0) is 361 Å². The van der Waals surface area contributed by atoms with Crippen LogP contribution in [0.25, 0.3) is 22.3 Å². The van der Waals surface area contributed by atoms with Crippen molar-refractivity contribution < 1.29 is 0 Å². The average molecular weight is 1680 g/mol. The van der Waals surface area contributed by atoms with Gasteiger partial charge in [-0.25, -0.2) is 0 Å². The molecule has 0 spiro atoms. The quantitative estimate of drug-likeness (QED) is 0.121. The maximum atomic E-state index is 3.73. The molecule has 0 aromatic heterocycles. The van der Waals surface area contributed by atoms with Gasteiger partial charge in [0.15, 0.2) is 0 Å². The number of rotatable bonds is 12. The fourth-order valence-corrected chi connectivity index (χ4v) is 24.0. The summed E-state index contributed by atoms with van der Waals surface area (Å²) >= 11 is 7.46. The molecule has 0 atom stereocenters. The third-order valence-electron chi connectivity index (χ3n) is 28.9. The van der Waals surface area contributed by atoms with Crippen molar-refractivity contribution in [3.05, 3.63) is 328 Å². The van der Waals surface area contributed by atoms with Gasteiger partial charge in [0.1, 0.15) is 0 Å². The Morgan fingerprint density at radius 3 is 0.585 bits per heavy atom. The summed E-state index contributed by atoms with van der Waals surface area (Å²) in [5.41, 5.74) is 43.8. The van der Waals surface area contributed by atoms with Gasteiger partial charge in [0.2, 0.25) is 0 Å². The van der Waals surface area contributed by atoms with Crippen LogP contribution in [0.2, 0.25) is 0 Å². The van der Waals surface area contributed by atoms with Crippen molar-refractivity contribution >= 4 is 100 Å². The lowest BCUT2D eigenvalue weighted by Crippen LogP contribution is -2.43. The van der Waals surface area contributed by atoms with Crippen LogP contribution in [0.5, 0.6) is 0 Å². The normalized spacial score (nSPS) is 19.5. The lowest BCUT2D eigenvalue weighted by Gasteiger charge is -2.48. The number of hydrogen-bond donors (Lipinski definition) is 0. The van der Waals surface area contributed by atoms with Crippen LogP contribution >= 0.6 is 31.9 Å².